The van der Waals surface area contributed by atoms with Crippen LogP contribution in [0.4, 0.5) is 11.4 Å². The van der Waals surface area contributed by atoms with Gasteiger partial charge in [-0.2, -0.15) is 0 Å². The maximum absolute atomic E-state index is 13.5. The van der Waals surface area contributed by atoms with Gasteiger partial charge in [0.1, 0.15) is 0 Å². The third-order valence-electron chi connectivity index (χ3n) is 6.35. The molecule has 0 radical (unpaired) electrons. The number of anilines is 2. The number of hydrogen-bond acceptors (Lipinski definition) is 3. The van der Waals surface area contributed by atoms with Crippen molar-refractivity contribution in [2.24, 2.45) is 0 Å². The summed E-state index contributed by atoms with van der Waals surface area (Å²) in [6.07, 6.45) is 2.34. The van der Waals surface area contributed by atoms with Gasteiger partial charge >= 0.3 is 0 Å². The molecule has 156 valence electrons. The molecule has 31 heavy (non-hydrogen) atoms. The molecule has 0 bridgehead atoms. The summed E-state index contributed by atoms with van der Waals surface area (Å²) in [4.78, 5) is 13.5. The second-order valence-corrected chi connectivity index (χ2v) is 8.76. The number of aryl methyl sites for hydroxylation is 1. The Balaban J connectivity index is 1.58. The summed E-state index contributed by atoms with van der Waals surface area (Å²) in [6.45, 7) is 2.16. The van der Waals surface area contributed by atoms with E-state index in [9.17, 15) is 4.79 Å². The van der Waals surface area contributed by atoms with E-state index in [1.165, 1.54) is 11.1 Å². The number of ketones is 1. The fraction of sp³-hybridized carbons (Fsp3) is 0.222. The van der Waals surface area contributed by atoms with Crippen molar-refractivity contribution < 1.29 is 4.79 Å². The van der Waals surface area contributed by atoms with Crippen molar-refractivity contribution in [1.82, 2.24) is 0 Å². The Kier molecular flexibility index (Phi) is 5.29. The van der Waals surface area contributed by atoms with Crippen LogP contribution >= 0.6 is 11.6 Å². The largest absolute Gasteiger partial charge is 0.372 e. The Labute approximate surface area is 188 Å². The van der Waals surface area contributed by atoms with Crippen LogP contribution in [0.2, 0.25) is 5.02 Å². The SMILES string of the molecule is CCc1ccc(C2CC(=O)C3=C(C2)Nc2ccccc2NC3c2cccc(Cl)c2)cc1. The van der Waals surface area contributed by atoms with Gasteiger partial charge in [0.15, 0.2) is 5.78 Å². The standard InChI is InChI=1S/C27H25ClN2O/c1-2-17-10-12-18(13-11-17)20-15-24-26(25(31)16-20)27(19-6-5-7-21(28)14-19)30-23-9-4-3-8-22(23)29-24/h3-14,20,27,29-30H,2,15-16H2,1H3. The lowest BCUT2D eigenvalue weighted by atomic mass is 9.78. The molecule has 0 fully saturated rings. The second-order valence-electron chi connectivity index (χ2n) is 8.32. The molecule has 0 saturated heterocycles. The van der Waals surface area contributed by atoms with Crippen molar-refractivity contribution >= 4 is 28.8 Å². The van der Waals surface area contributed by atoms with Gasteiger partial charge in [0.2, 0.25) is 0 Å². The Morgan fingerprint density at radius 3 is 2.42 bits per heavy atom. The molecule has 0 amide bonds. The van der Waals surface area contributed by atoms with Crippen molar-refractivity contribution in [3.8, 4) is 0 Å². The number of Topliss-reactive ketones (excluding diaryl/α,β-unsaturated/α-hetero) is 1. The summed E-state index contributed by atoms with van der Waals surface area (Å²) in [5, 5.41) is 7.86. The molecule has 2 unspecified atom stereocenters. The van der Waals surface area contributed by atoms with Gasteiger partial charge in [0, 0.05) is 22.7 Å². The molecule has 4 heteroatoms. The molecule has 3 aromatic rings. The van der Waals surface area contributed by atoms with Crippen LogP contribution in [-0.4, -0.2) is 5.78 Å². The molecule has 1 heterocycles. The molecule has 0 saturated carbocycles. The minimum atomic E-state index is -0.235. The lowest BCUT2D eigenvalue weighted by Crippen LogP contribution is -2.26. The van der Waals surface area contributed by atoms with Crippen LogP contribution in [0.25, 0.3) is 0 Å². The van der Waals surface area contributed by atoms with Crippen molar-refractivity contribution in [2.75, 3.05) is 10.6 Å². The molecule has 3 nitrogen and oxygen atoms in total. The van der Waals surface area contributed by atoms with Crippen LogP contribution in [0, 0.1) is 0 Å². The predicted octanol–water partition coefficient (Wildman–Crippen LogP) is 6.88. The van der Waals surface area contributed by atoms with Crippen LogP contribution < -0.4 is 10.6 Å². The van der Waals surface area contributed by atoms with Gasteiger partial charge in [-0.3, -0.25) is 4.79 Å². The molecule has 0 aromatic heterocycles. The first-order chi connectivity index (χ1) is 15.1. The zero-order valence-electron chi connectivity index (χ0n) is 17.5. The lowest BCUT2D eigenvalue weighted by molar-refractivity contribution is -0.116. The van der Waals surface area contributed by atoms with E-state index in [0.29, 0.717) is 11.4 Å². The first-order valence-electron chi connectivity index (χ1n) is 10.9. The zero-order valence-corrected chi connectivity index (χ0v) is 18.2. The molecule has 5 rings (SSSR count). The van der Waals surface area contributed by atoms with E-state index in [-0.39, 0.29) is 17.7 Å². The number of para-hydroxylation sites is 2. The molecule has 1 aliphatic carbocycles. The fourth-order valence-electron chi connectivity index (χ4n) is 4.69. The van der Waals surface area contributed by atoms with E-state index < -0.39 is 0 Å². The van der Waals surface area contributed by atoms with Gasteiger partial charge in [-0.1, -0.05) is 67.1 Å². The number of carbonyl (C=O) groups excluding carboxylic acids is 1. The highest BCUT2D eigenvalue weighted by atomic mass is 35.5. The van der Waals surface area contributed by atoms with E-state index in [4.69, 9.17) is 11.6 Å². The first-order valence-corrected chi connectivity index (χ1v) is 11.2. The average Bonchev–Trinajstić information content (AvgIpc) is 2.96. The number of hydrogen-bond donors (Lipinski definition) is 2. The topological polar surface area (TPSA) is 41.1 Å². The van der Waals surface area contributed by atoms with Crippen molar-refractivity contribution in [3.05, 3.63) is 106 Å². The highest BCUT2D eigenvalue weighted by Gasteiger charge is 2.36. The summed E-state index contributed by atoms with van der Waals surface area (Å²) in [6, 6.07) is 24.4. The molecule has 2 atom stereocenters. The van der Waals surface area contributed by atoms with Gasteiger partial charge in [-0.05, 0) is 59.7 Å². The minimum absolute atomic E-state index is 0.176. The van der Waals surface area contributed by atoms with Gasteiger partial charge < -0.3 is 10.6 Å². The number of nitrogens with one attached hydrogen (secondary N) is 2. The van der Waals surface area contributed by atoms with E-state index in [2.05, 4.69) is 47.9 Å². The summed E-state index contributed by atoms with van der Waals surface area (Å²) in [5.74, 6) is 0.360. The van der Waals surface area contributed by atoms with Crippen LogP contribution in [0.15, 0.2) is 84.1 Å². The van der Waals surface area contributed by atoms with Crippen LogP contribution in [0.3, 0.4) is 0 Å². The normalized spacial score (nSPS) is 20.3. The van der Waals surface area contributed by atoms with E-state index in [0.717, 1.165) is 41.1 Å². The van der Waals surface area contributed by atoms with E-state index >= 15 is 0 Å². The third-order valence-corrected chi connectivity index (χ3v) is 6.59. The Hall–Kier alpha value is -3.04. The highest BCUT2D eigenvalue weighted by molar-refractivity contribution is 6.30. The van der Waals surface area contributed by atoms with Crippen LogP contribution in [-0.2, 0) is 11.2 Å². The summed E-state index contributed by atoms with van der Waals surface area (Å²) < 4.78 is 0. The molecule has 2 N–H and O–H groups in total. The fourth-order valence-corrected chi connectivity index (χ4v) is 4.89. The molecule has 1 aliphatic heterocycles. The quantitative estimate of drug-likeness (QED) is 0.477. The lowest BCUT2D eigenvalue weighted by Gasteiger charge is -2.30. The van der Waals surface area contributed by atoms with Crippen molar-refractivity contribution in [2.45, 2.75) is 38.1 Å². The van der Waals surface area contributed by atoms with Crippen molar-refractivity contribution in [1.29, 1.82) is 0 Å². The molecular weight excluding hydrogens is 404 g/mol. The highest BCUT2D eigenvalue weighted by Crippen LogP contribution is 2.44. The Morgan fingerprint density at radius 1 is 0.903 bits per heavy atom. The molecular formula is C27H25ClN2O. The number of halogens is 1. The molecule has 2 aliphatic rings. The van der Waals surface area contributed by atoms with Crippen molar-refractivity contribution in [3.63, 3.8) is 0 Å². The maximum atomic E-state index is 13.5. The first kappa shape index (κ1) is 19.9. The second kappa shape index (κ2) is 8.24. The minimum Gasteiger partial charge on any atom is -0.372 e. The van der Waals surface area contributed by atoms with Gasteiger partial charge in [-0.25, -0.2) is 0 Å². The number of rotatable bonds is 3. The zero-order chi connectivity index (χ0) is 21.4. The average molecular weight is 429 g/mol. The summed E-state index contributed by atoms with van der Waals surface area (Å²) in [5.41, 5.74) is 7.34. The molecule has 3 aromatic carbocycles. The van der Waals surface area contributed by atoms with Crippen LogP contribution in [0.1, 0.15) is 48.4 Å². The van der Waals surface area contributed by atoms with Gasteiger partial charge in [0.25, 0.3) is 0 Å². The number of carbonyl (C=O) groups is 1. The Morgan fingerprint density at radius 2 is 1.68 bits per heavy atom. The summed E-state index contributed by atoms with van der Waals surface area (Å²) in [7, 11) is 0. The third kappa shape index (κ3) is 3.86. The van der Waals surface area contributed by atoms with Crippen LogP contribution in [0.5, 0.6) is 0 Å². The number of benzene rings is 3. The summed E-state index contributed by atoms with van der Waals surface area (Å²) >= 11 is 6.30. The smallest absolute Gasteiger partial charge is 0.163 e. The van der Waals surface area contributed by atoms with Gasteiger partial charge in [0.05, 0.1) is 17.4 Å². The Bertz CT molecular complexity index is 1170. The van der Waals surface area contributed by atoms with E-state index in [1.54, 1.807) is 0 Å². The predicted molar refractivity (Wildman–Crippen MR) is 128 cm³/mol. The monoisotopic (exact) mass is 428 g/mol. The number of allylic oxidation sites excluding steroid dienone is 1. The van der Waals surface area contributed by atoms with E-state index in [1.807, 2.05) is 42.5 Å². The molecule has 0 spiro atoms. The maximum Gasteiger partial charge on any atom is 0.163 e. The number of fused-ring (bicyclic) bond motifs is 1. The van der Waals surface area contributed by atoms with Gasteiger partial charge in [-0.15, -0.1) is 0 Å².